The Bertz CT molecular complexity index is 555. The fourth-order valence-corrected chi connectivity index (χ4v) is 2.12. The second kappa shape index (κ2) is 5.82. The van der Waals surface area contributed by atoms with Crippen LogP contribution in [0.1, 0.15) is 22.7 Å². The van der Waals surface area contributed by atoms with Gasteiger partial charge in [-0.1, -0.05) is 18.2 Å². The molecule has 2 aromatic rings. The molecule has 0 aliphatic heterocycles. The quantitative estimate of drug-likeness (QED) is 0.656. The van der Waals surface area contributed by atoms with E-state index in [1.165, 1.54) is 12.1 Å². The van der Waals surface area contributed by atoms with Gasteiger partial charge in [-0.05, 0) is 47.9 Å². The van der Waals surface area contributed by atoms with Crippen LogP contribution in [0.3, 0.4) is 0 Å². The summed E-state index contributed by atoms with van der Waals surface area (Å²) in [6.07, 6.45) is 0. The van der Waals surface area contributed by atoms with Crippen LogP contribution in [0.4, 0.5) is 4.39 Å². The highest BCUT2D eigenvalue weighted by atomic mass is 19.1. The molecule has 0 saturated carbocycles. The first-order valence-electron chi connectivity index (χ1n) is 6.02. The standard InChI is InChI=1S/C15H17FN2O/c1-10-9-12(16)5-8-14(10)15(18-17)11-3-6-13(19-2)7-4-11/h3-9,15,18H,17H2,1-2H3. The van der Waals surface area contributed by atoms with E-state index in [0.717, 1.165) is 22.4 Å². The summed E-state index contributed by atoms with van der Waals surface area (Å²) in [5.41, 5.74) is 5.58. The molecular formula is C15H17FN2O. The normalized spacial score (nSPS) is 12.2. The molecule has 0 aliphatic carbocycles. The lowest BCUT2D eigenvalue weighted by molar-refractivity contribution is 0.414. The van der Waals surface area contributed by atoms with Crippen LogP contribution < -0.4 is 16.0 Å². The zero-order valence-corrected chi connectivity index (χ0v) is 11.0. The van der Waals surface area contributed by atoms with Gasteiger partial charge < -0.3 is 4.74 Å². The van der Waals surface area contributed by atoms with Gasteiger partial charge in [0.15, 0.2) is 0 Å². The third kappa shape index (κ3) is 2.92. The highest BCUT2D eigenvalue weighted by molar-refractivity contribution is 5.39. The van der Waals surface area contributed by atoms with Gasteiger partial charge in [-0.15, -0.1) is 0 Å². The number of aryl methyl sites for hydroxylation is 1. The number of rotatable bonds is 4. The van der Waals surface area contributed by atoms with E-state index in [4.69, 9.17) is 10.6 Å². The Morgan fingerprint density at radius 3 is 2.37 bits per heavy atom. The molecule has 4 heteroatoms. The predicted octanol–water partition coefficient (Wildman–Crippen LogP) is 2.70. The maximum absolute atomic E-state index is 13.1. The lowest BCUT2D eigenvalue weighted by atomic mass is 9.95. The van der Waals surface area contributed by atoms with E-state index in [2.05, 4.69) is 5.43 Å². The second-order valence-corrected chi connectivity index (χ2v) is 4.37. The van der Waals surface area contributed by atoms with Crippen LogP contribution in [0.5, 0.6) is 5.75 Å². The van der Waals surface area contributed by atoms with Crippen LogP contribution >= 0.6 is 0 Å². The maximum Gasteiger partial charge on any atom is 0.123 e. The van der Waals surface area contributed by atoms with Crippen molar-refractivity contribution in [2.24, 2.45) is 5.84 Å². The molecule has 2 aromatic carbocycles. The number of methoxy groups -OCH3 is 1. The van der Waals surface area contributed by atoms with E-state index in [0.29, 0.717) is 0 Å². The molecule has 2 rings (SSSR count). The molecule has 0 aromatic heterocycles. The molecule has 0 amide bonds. The fourth-order valence-electron chi connectivity index (χ4n) is 2.12. The number of hydrazine groups is 1. The molecule has 0 radical (unpaired) electrons. The fraction of sp³-hybridized carbons (Fsp3) is 0.200. The van der Waals surface area contributed by atoms with Crippen molar-refractivity contribution in [3.63, 3.8) is 0 Å². The summed E-state index contributed by atoms with van der Waals surface area (Å²) in [5.74, 6) is 6.18. The highest BCUT2D eigenvalue weighted by Crippen LogP contribution is 2.26. The summed E-state index contributed by atoms with van der Waals surface area (Å²) in [6.45, 7) is 1.87. The number of hydrogen-bond acceptors (Lipinski definition) is 3. The number of ether oxygens (including phenoxy) is 1. The smallest absolute Gasteiger partial charge is 0.123 e. The van der Waals surface area contributed by atoms with Gasteiger partial charge in [0.05, 0.1) is 13.2 Å². The van der Waals surface area contributed by atoms with E-state index in [1.807, 2.05) is 31.2 Å². The maximum atomic E-state index is 13.1. The van der Waals surface area contributed by atoms with Gasteiger partial charge in [0, 0.05) is 0 Å². The van der Waals surface area contributed by atoms with Gasteiger partial charge in [0.25, 0.3) is 0 Å². The van der Waals surface area contributed by atoms with Gasteiger partial charge in [-0.2, -0.15) is 0 Å². The number of halogens is 1. The monoisotopic (exact) mass is 260 g/mol. The molecule has 0 saturated heterocycles. The first kappa shape index (κ1) is 13.5. The van der Waals surface area contributed by atoms with E-state index in [9.17, 15) is 4.39 Å². The minimum absolute atomic E-state index is 0.175. The van der Waals surface area contributed by atoms with E-state index in [1.54, 1.807) is 13.2 Å². The van der Waals surface area contributed by atoms with Crippen LogP contribution in [0.25, 0.3) is 0 Å². The summed E-state index contributed by atoms with van der Waals surface area (Å²) < 4.78 is 18.3. The van der Waals surface area contributed by atoms with Crippen LogP contribution in [-0.4, -0.2) is 7.11 Å². The molecule has 1 atom stereocenters. The highest BCUT2D eigenvalue weighted by Gasteiger charge is 2.15. The SMILES string of the molecule is COc1ccc(C(NN)c2ccc(F)cc2C)cc1. The van der Waals surface area contributed by atoms with Crippen LogP contribution in [0.2, 0.25) is 0 Å². The van der Waals surface area contributed by atoms with Gasteiger partial charge in [0.2, 0.25) is 0 Å². The van der Waals surface area contributed by atoms with Crippen molar-refractivity contribution in [1.82, 2.24) is 5.43 Å². The number of benzene rings is 2. The van der Waals surface area contributed by atoms with Crippen molar-refractivity contribution in [2.45, 2.75) is 13.0 Å². The van der Waals surface area contributed by atoms with Gasteiger partial charge >= 0.3 is 0 Å². The Morgan fingerprint density at radius 2 is 1.84 bits per heavy atom. The zero-order valence-electron chi connectivity index (χ0n) is 11.0. The van der Waals surface area contributed by atoms with Crippen molar-refractivity contribution >= 4 is 0 Å². The third-order valence-electron chi connectivity index (χ3n) is 3.16. The molecule has 0 fully saturated rings. The van der Waals surface area contributed by atoms with E-state index >= 15 is 0 Å². The van der Waals surface area contributed by atoms with E-state index < -0.39 is 0 Å². The first-order chi connectivity index (χ1) is 9.15. The molecule has 3 N–H and O–H groups in total. The van der Waals surface area contributed by atoms with Gasteiger partial charge in [-0.25, -0.2) is 9.82 Å². The molecule has 0 bridgehead atoms. The average molecular weight is 260 g/mol. The summed E-state index contributed by atoms with van der Waals surface area (Å²) in [7, 11) is 1.62. The third-order valence-corrected chi connectivity index (χ3v) is 3.16. The van der Waals surface area contributed by atoms with Crippen LogP contribution in [0, 0.1) is 12.7 Å². The Labute approximate surface area is 112 Å². The summed E-state index contributed by atoms with van der Waals surface area (Å²) in [6, 6.07) is 12.1. The first-order valence-corrected chi connectivity index (χ1v) is 6.02. The predicted molar refractivity (Wildman–Crippen MR) is 73.3 cm³/mol. The minimum Gasteiger partial charge on any atom is -0.497 e. The largest absolute Gasteiger partial charge is 0.497 e. The van der Waals surface area contributed by atoms with Gasteiger partial charge in [-0.3, -0.25) is 5.84 Å². The van der Waals surface area contributed by atoms with Crippen LogP contribution in [0.15, 0.2) is 42.5 Å². The van der Waals surface area contributed by atoms with Gasteiger partial charge in [0.1, 0.15) is 11.6 Å². The average Bonchev–Trinajstić information content (AvgIpc) is 2.42. The molecular weight excluding hydrogens is 243 g/mol. The molecule has 100 valence electrons. The summed E-state index contributed by atoms with van der Waals surface area (Å²) in [4.78, 5) is 0. The molecule has 1 unspecified atom stereocenters. The Balaban J connectivity index is 2.37. The summed E-state index contributed by atoms with van der Waals surface area (Å²) >= 11 is 0. The number of nitrogens with two attached hydrogens (primary N) is 1. The van der Waals surface area contributed by atoms with Crippen LogP contribution in [-0.2, 0) is 0 Å². The Hall–Kier alpha value is -1.91. The van der Waals surface area contributed by atoms with Crippen molar-refractivity contribution < 1.29 is 9.13 Å². The molecule has 19 heavy (non-hydrogen) atoms. The lowest BCUT2D eigenvalue weighted by Crippen LogP contribution is -2.29. The number of nitrogens with one attached hydrogen (secondary N) is 1. The molecule has 0 heterocycles. The second-order valence-electron chi connectivity index (χ2n) is 4.37. The minimum atomic E-state index is -0.244. The molecule has 3 nitrogen and oxygen atoms in total. The van der Waals surface area contributed by atoms with Crippen molar-refractivity contribution in [3.8, 4) is 5.75 Å². The topological polar surface area (TPSA) is 47.3 Å². The lowest BCUT2D eigenvalue weighted by Gasteiger charge is -2.19. The molecule has 0 spiro atoms. The summed E-state index contributed by atoms with van der Waals surface area (Å²) in [5, 5.41) is 0. The molecule has 0 aliphatic rings. The Kier molecular flexibility index (Phi) is 4.14. The Morgan fingerprint density at radius 1 is 1.16 bits per heavy atom. The number of hydrogen-bond donors (Lipinski definition) is 2. The van der Waals surface area contributed by atoms with Crippen molar-refractivity contribution in [3.05, 3.63) is 65.0 Å². The van der Waals surface area contributed by atoms with Crippen molar-refractivity contribution in [1.29, 1.82) is 0 Å². The van der Waals surface area contributed by atoms with Crippen molar-refractivity contribution in [2.75, 3.05) is 7.11 Å². The zero-order chi connectivity index (χ0) is 13.8. The van der Waals surface area contributed by atoms with E-state index in [-0.39, 0.29) is 11.9 Å².